The first-order valence-corrected chi connectivity index (χ1v) is 7.13. The lowest BCUT2D eigenvalue weighted by molar-refractivity contribution is -0.138. The Balaban J connectivity index is 2.95. The topological polar surface area (TPSA) is 75.6 Å². The average molecular weight is 299 g/mol. The van der Waals surface area contributed by atoms with Gasteiger partial charge in [-0.25, -0.2) is 4.79 Å². The number of rotatable bonds is 4. The Morgan fingerprint density at radius 1 is 1.30 bits per heavy atom. The van der Waals surface area contributed by atoms with Crippen LogP contribution in [0.25, 0.3) is 0 Å². The highest BCUT2D eigenvalue weighted by Gasteiger charge is 2.34. The molecule has 0 bridgehead atoms. The number of carboxylic acids is 1. The van der Waals surface area contributed by atoms with Crippen molar-refractivity contribution in [1.82, 2.24) is 5.32 Å². The molecule has 1 aromatic rings. The zero-order valence-electron chi connectivity index (χ0n) is 12.4. The predicted molar refractivity (Wildman–Crippen MR) is 78.0 cm³/mol. The first-order valence-electron chi connectivity index (χ1n) is 6.32. The van der Waals surface area contributed by atoms with Gasteiger partial charge in [-0.2, -0.15) is 0 Å². The summed E-state index contributed by atoms with van der Waals surface area (Å²) in [6.45, 7) is 8.91. The fourth-order valence-corrected chi connectivity index (χ4v) is 2.72. The smallest absolute Gasteiger partial charge is 0.408 e. The van der Waals surface area contributed by atoms with Crippen LogP contribution in [0.3, 0.4) is 0 Å². The van der Waals surface area contributed by atoms with E-state index in [2.05, 4.69) is 5.32 Å². The van der Waals surface area contributed by atoms with E-state index in [-0.39, 0.29) is 6.42 Å². The van der Waals surface area contributed by atoms with Gasteiger partial charge >= 0.3 is 12.1 Å². The molecule has 0 fully saturated rings. The van der Waals surface area contributed by atoms with Crippen LogP contribution in [0.15, 0.2) is 12.1 Å². The van der Waals surface area contributed by atoms with Crippen LogP contribution in [0.1, 0.15) is 43.9 Å². The molecule has 1 heterocycles. The van der Waals surface area contributed by atoms with Gasteiger partial charge in [0.25, 0.3) is 0 Å². The highest BCUT2D eigenvalue weighted by Crippen LogP contribution is 2.31. The monoisotopic (exact) mass is 299 g/mol. The van der Waals surface area contributed by atoms with Crippen molar-refractivity contribution in [2.75, 3.05) is 0 Å². The SMILES string of the molecule is Cc1ccc(C(C)(CC(=O)O)NC(=O)OC(C)(C)C)s1. The zero-order valence-corrected chi connectivity index (χ0v) is 13.3. The fourth-order valence-electron chi connectivity index (χ4n) is 1.76. The van der Waals surface area contributed by atoms with Crippen molar-refractivity contribution < 1.29 is 19.4 Å². The van der Waals surface area contributed by atoms with Crippen LogP contribution in [0.2, 0.25) is 0 Å². The summed E-state index contributed by atoms with van der Waals surface area (Å²) in [5, 5.41) is 11.8. The van der Waals surface area contributed by atoms with E-state index in [1.165, 1.54) is 11.3 Å². The molecule has 6 heteroatoms. The van der Waals surface area contributed by atoms with E-state index in [0.717, 1.165) is 9.75 Å². The van der Waals surface area contributed by atoms with E-state index < -0.39 is 23.2 Å². The lowest BCUT2D eigenvalue weighted by Gasteiger charge is -2.30. The van der Waals surface area contributed by atoms with E-state index in [9.17, 15) is 9.59 Å². The summed E-state index contributed by atoms with van der Waals surface area (Å²) in [6, 6.07) is 3.73. The minimum atomic E-state index is -0.979. The van der Waals surface area contributed by atoms with Gasteiger partial charge in [0.2, 0.25) is 0 Å². The third-order valence-corrected chi connectivity index (χ3v) is 3.83. The molecule has 0 aromatic carbocycles. The Bertz CT molecular complexity index is 504. The molecule has 0 radical (unpaired) electrons. The molecule has 0 saturated heterocycles. The number of hydrogen-bond donors (Lipinski definition) is 2. The van der Waals surface area contributed by atoms with Crippen molar-refractivity contribution in [1.29, 1.82) is 0 Å². The van der Waals surface area contributed by atoms with Crippen molar-refractivity contribution in [3.63, 3.8) is 0 Å². The van der Waals surface area contributed by atoms with Crippen molar-refractivity contribution >= 4 is 23.4 Å². The number of carbonyl (C=O) groups excluding carboxylic acids is 1. The molecule has 0 aliphatic rings. The summed E-state index contributed by atoms with van der Waals surface area (Å²) in [6.07, 6.45) is -0.820. The number of amides is 1. The van der Waals surface area contributed by atoms with E-state index >= 15 is 0 Å². The maximum absolute atomic E-state index is 11.9. The van der Waals surface area contributed by atoms with Gasteiger partial charge in [0.15, 0.2) is 0 Å². The van der Waals surface area contributed by atoms with E-state index in [4.69, 9.17) is 9.84 Å². The number of nitrogens with one attached hydrogen (secondary N) is 1. The number of ether oxygens (including phenoxy) is 1. The summed E-state index contributed by atoms with van der Waals surface area (Å²) in [5.74, 6) is -0.977. The second-order valence-corrected chi connectivity index (χ2v) is 7.23. The molecule has 0 aliphatic heterocycles. The molecule has 0 spiro atoms. The van der Waals surface area contributed by atoms with Gasteiger partial charge in [0.1, 0.15) is 5.60 Å². The number of hydrogen-bond acceptors (Lipinski definition) is 4. The van der Waals surface area contributed by atoms with Gasteiger partial charge in [-0.1, -0.05) is 0 Å². The molecule has 0 aliphatic carbocycles. The van der Waals surface area contributed by atoms with Gasteiger partial charge in [-0.3, -0.25) is 4.79 Å². The normalized spacial score (nSPS) is 14.4. The Kier molecular flexibility index (Phi) is 4.81. The lowest BCUT2D eigenvalue weighted by Crippen LogP contribution is -2.46. The first-order chi connectivity index (χ1) is 9.02. The Hall–Kier alpha value is -1.56. The molecule has 20 heavy (non-hydrogen) atoms. The number of aliphatic carboxylic acids is 1. The Morgan fingerprint density at radius 2 is 1.90 bits per heavy atom. The molecule has 1 amide bonds. The number of carboxylic acid groups (broad SMARTS) is 1. The van der Waals surface area contributed by atoms with Crippen molar-refractivity contribution in [3.05, 3.63) is 21.9 Å². The van der Waals surface area contributed by atoms with Crippen LogP contribution in [-0.2, 0) is 15.1 Å². The third kappa shape index (κ3) is 4.85. The molecule has 2 N–H and O–H groups in total. The fraction of sp³-hybridized carbons (Fsp3) is 0.571. The Labute approximate surface area is 123 Å². The van der Waals surface area contributed by atoms with Gasteiger partial charge in [0, 0.05) is 9.75 Å². The minimum Gasteiger partial charge on any atom is -0.481 e. The van der Waals surface area contributed by atoms with Gasteiger partial charge in [0.05, 0.1) is 12.0 Å². The molecular weight excluding hydrogens is 278 g/mol. The van der Waals surface area contributed by atoms with Gasteiger partial charge in [-0.15, -0.1) is 11.3 Å². The van der Waals surface area contributed by atoms with Crippen LogP contribution in [-0.4, -0.2) is 22.8 Å². The van der Waals surface area contributed by atoms with Crippen LogP contribution in [0, 0.1) is 6.92 Å². The second-order valence-electron chi connectivity index (χ2n) is 5.94. The lowest BCUT2D eigenvalue weighted by atomic mass is 9.96. The van der Waals surface area contributed by atoms with E-state index in [1.54, 1.807) is 27.7 Å². The molecule has 112 valence electrons. The summed E-state index contributed by atoms with van der Waals surface area (Å²) >= 11 is 1.46. The number of carbonyl (C=O) groups is 2. The molecule has 1 rings (SSSR count). The zero-order chi connectivity index (χ0) is 15.6. The van der Waals surface area contributed by atoms with Crippen LogP contribution in [0.5, 0.6) is 0 Å². The summed E-state index contributed by atoms with van der Waals surface area (Å²) in [4.78, 5) is 24.8. The van der Waals surface area contributed by atoms with Gasteiger partial charge in [-0.05, 0) is 46.8 Å². The van der Waals surface area contributed by atoms with Crippen LogP contribution in [0.4, 0.5) is 4.79 Å². The molecule has 5 nitrogen and oxygen atoms in total. The quantitative estimate of drug-likeness (QED) is 0.894. The maximum Gasteiger partial charge on any atom is 0.408 e. The van der Waals surface area contributed by atoms with E-state index in [0.29, 0.717) is 0 Å². The van der Waals surface area contributed by atoms with Crippen molar-refractivity contribution in [3.8, 4) is 0 Å². The van der Waals surface area contributed by atoms with Crippen LogP contribution < -0.4 is 5.32 Å². The highest BCUT2D eigenvalue weighted by molar-refractivity contribution is 7.12. The minimum absolute atomic E-state index is 0.202. The van der Waals surface area contributed by atoms with E-state index in [1.807, 2.05) is 19.1 Å². The van der Waals surface area contributed by atoms with Crippen molar-refractivity contribution in [2.45, 2.75) is 52.2 Å². The van der Waals surface area contributed by atoms with Crippen LogP contribution >= 0.6 is 11.3 Å². The highest BCUT2D eigenvalue weighted by atomic mass is 32.1. The largest absolute Gasteiger partial charge is 0.481 e. The third-order valence-electron chi connectivity index (χ3n) is 2.57. The maximum atomic E-state index is 11.9. The number of alkyl carbamates (subject to hydrolysis) is 1. The Morgan fingerprint density at radius 3 is 2.30 bits per heavy atom. The summed E-state index contributed by atoms with van der Waals surface area (Å²) < 4.78 is 5.20. The molecule has 0 saturated carbocycles. The number of aryl methyl sites for hydroxylation is 1. The predicted octanol–water partition coefficient (Wildman–Crippen LogP) is 3.27. The molecular formula is C14H21NO4S. The average Bonchev–Trinajstić information content (AvgIpc) is 2.60. The van der Waals surface area contributed by atoms with Crippen molar-refractivity contribution in [2.24, 2.45) is 0 Å². The molecule has 1 unspecified atom stereocenters. The molecule has 1 aromatic heterocycles. The second kappa shape index (κ2) is 5.83. The van der Waals surface area contributed by atoms with Gasteiger partial charge < -0.3 is 15.2 Å². The number of thiophene rings is 1. The summed E-state index contributed by atoms with van der Waals surface area (Å²) in [5.41, 5.74) is -1.60. The summed E-state index contributed by atoms with van der Waals surface area (Å²) in [7, 11) is 0. The standard InChI is InChI=1S/C14H21NO4S/c1-9-6-7-10(20-9)14(5,8-11(16)17)15-12(18)19-13(2,3)4/h6-7H,8H2,1-5H3,(H,15,18)(H,16,17). The molecule has 1 atom stereocenters. The first kappa shape index (κ1) is 16.5.